The summed E-state index contributed by atoms with van der Waals surface area (Å²) in [6.07, 6.45) is 2.86. The third kappa shape index (κ3) is 3.11. The van der Waals surface area contributed by atoms with Gasteiger partial charge in [-0.15, -0.1) is 11.3 Å². The summed E-state index contributed by atoms with van der Waals surface area (Å²) in [6, 6.07) is 3.83. The van der Waals surface area contributed by atoms with Crippen molar-refractivity contribution >= 4 is 23.3 Å². The van der Waals surface area contributed by atoms with Crippen molar-refractivity contribution in [2.45, 2.75) is 26.8 Å². The molecule has 0 N–H and O–H groups in total. The summed E-state index contributed by atoms with van der Waals surface area (Å²) in [5.41, 5.74) is 0. The zero-order chi connectivity index (χ0) is 9.68. The Morgan fingerprint density at radius 1 is 1.62 bits per heavy atom. The van der Waals surface area contributed by atoms with Gasteiger partial charge in [0, 0.05) is 4.88 Å². The van der Waals surface area contributed by atoms with E-state index in [0.29, 0.717) is 6.54 Å². The lowest BCUT2D eigenvalue weighted by molar-refractivity contribution is 0.102. The number of Topliss-reactive ketones (excluding diaryl/α,β-unsaturated/α-hetero) is 1. The third-order valence-electron chi connectivity index (χ3n) is 1.57. The Labute approximate surface area is 82.3 Å². The van der Waals surface area contributed by atoms with Gasteiger partial charge < -0.3 is 0 Å². The number of hydrogen-bond acceptors (Lipinski definition) is 3. The van der Waals surface area contributed by atoms with Crippen LogP contribution in [0.4, 0.5) is 0 Å². The van der Waals surface area contributed by atoms with Gasteiger partial charge in [0.1, 0.15) is 0 Å². The smallest absolute Gasteiger partial charge is 0.169 e. The third-order valence-corrected chi connectivity index (χ3v) is 2.74. The average Bonchev–Trinajstić information content (AvgIpc) is 2.53. The van der Waals surface area contributed by atoms with Crippen LogP contribution in [0.15, 0.2) is 17.1 Å². The molecule has 0 unspecified atom stereocenters. The first kappa shape index (κ1) is 10.1. The number of nitrogens with zero attached hydrogens (tertiary/aromatic N) is 1. The molecule has 0 aliphatic rings. The second-order valence-electron chi connectivity index (χ2n) is 2.75. The summed E-state index contributed by atoms with van der Waals surface area (Å²) < 4.78 is 0. The Morgan fingerprint density at radius 3 is 2.92 bits per heavy atom. The lowest BCUT2D eigenvalue weighted by Gasteiger charge is -1.87. The molecule has 0 saturated carbocycles. The highest BCUT2D eigenvalue weighted by atomic mass is 32.1. The van der Waals surface area contributed by atoms with E-state index in [1.54, 1.807) is 6.92 Å². The maximum atomic E-state index is 11.0. The maximum absolute atomic E-state index is 11.0. The topological polar surface area (TPSA) is 29.4 Å². The summed E-state index contributed by atoms with van der Waals surface area (Å²) in [5, 5.41) is 0. The predicted octanol–water partition coefficient (Wildman–Crippen LogP) is 2.93. The normalized spacial score (nSPS) is 10.9. The molecule has 0 amide bonds. The van der Waals surface area contributed by atoms with Gasteiger partial charge in [0.2, 0.25) is 0 Å². The zero-order valence-electron chi connectivity index (χ0n) is 7.91. The summed E-state index contributed by atoms with van der Waals surface area (Å²) >= 11 is 1.53. The molecule has 13 heavy (non-hydrogen) atoms. The molecule has 0 atom stereocenters. The molecule has 1 aromatic heterocycles. The number of carbonyl (C=O) groups is 1. The average molecular weight is 195 g/mol. The van der Waals surface area contributed by atoms with Crippen molar-refractivity contribution in [1.29, 1.82) is 0 Å². The Morgan fingerprint density at radius 2 is 2.38 bits per heavy atom. The molecule has 0 aliphatic carbocycles. The lowest BCUT2D eigenvalue weighted by Crippen LogP contribution is -1.83. The van der Waals surface area contributed by atoms with E-state index in [1.807, 2.05) is 18.3 Å². The Kier molecular flexibility index (Phi) is 3.83. The van der Waals surface area contributed by atoms with Gasteiger partial charge in [-0.05, 0) is 31.7 Å². The molecule has 1 heterocycles. The lowest BCUT2D eigenvalue weighted by atomic mass is 10.3. The molecule has 70 valence electrons. The molecule has 0 fully saturated rings. The Bertz CT molecular complexity index is 314. The monoisotopic (exact) mass is 195 g/mol. The molecule has 3 heteroatoms. The van der Waals surface area contributed by atoms with Crippen LogP contribution in [0.1, 0.15) is 34.8 Å². The second-order valence-corrected chi connectivity index (χ2v) is 3.92. The van der Waals surface area contributed by atoms with Gasteiger partial charge in [-0.1, -0.05) is 6.92 Å². The minimum absolute atomic E-state index is 0.135. The van der Waals surface area contributed by atoms with Gasteiger partial charge in [-0.25, -0.2) is 0 Å². The number of hydrogen-bond donors (Lipinski definition) is 0. The molecular formula is C10H13NOS. The molecule has 0 bridgehead atoms. The van der Waals surface area contributed by atoms with Gasteiger partial charge >= 0.3 is 0 Å². The quantitative estimate of drug-likeness (QED) is 0.536. The molecule has 0 saturated heterocycles. The minimum atomic E-state index is 0.135. The summed E-state index contributed by atoms with van der Waals surface area (Å²) in [5.74, 6) is 0.135. The molecule has 0 aliphatic heterocycles. The molecule has 0 aromatic carbocycles. The van der Waals surface area contributed by atoms with Crippen LogP contribution < -0.4 is 0 Å². The molecular weight excluding hydrogens is 182 g/mol. The SMILES string of the molecule is CCC=NCc1ccc(C(C)=O)s1. The second kappa shape index (κ2) is 4.92. The van der Waals surface area contributed by atoms with Gasteiger partial charge in [0.05, 0.1) is 11.4 Å². The van der Waals surface area contributed by atoms with E-state index in [4.69, 9.17) is 0 Å². The number of carbonyl (C=O) groups excluding carboxylic acids is 1. The van der Waals surface area contributed by atoms with Crippen molar-refractivity contribution in [3.05, 3.63) is 21.9 Å². The van der Waals surface area contributed by atoms with Gasteiger partial charge in [0.15, 0.2) is 5.78 Å². The van der Waals surface area contributed by atoms with Gasteiger partial charge in [-0.2, -0.15) is 0 Å². The van der Waals surface area contributed by atoms with Crippen molar-refractivity contribution < 1.29 is 4.79 Å². The first-order chi connectivity index (χ1) is 6.24. The van der Waals surface area contributed by atoms with E-state index in [2.05, 4.69) is 11.9 Å². The first-order valence-electron chi connectivity index (χ1n) is 4.32. The van der Waals surface area contributed by atoms with E-state index in [9.17, 15) is 4.79 Å². The van der Waals surface area contributed by atoms with Crippen molar-refractivity contribution in [1.82, 2.24) is 0 Å². The zero-order valence-corrected chi connectivity index (χ0v) is 8.73. The fraction of sp³-hybridized carbons (Fsp3) is 0.400. The molecule has 1 aromatic rings. The van der Waals surface area contributed by atoms with E-state index in [-0.39, 0.29) is 5.78 Å². The van der Waals surface area contributed by atoms with E-state index in [0.717, 1.165) is 16.2 Å². The molecule has 1 rings (SSSR count). The van der Waals surface area contributed by atoms with Crippen LogP contribution >= 0.6 is 11.3 Å². The van der Waals surface area contributed by atoms with Crippen LogP contribution in [-0.2, 0) is 6.54 Å². The summed E-state index contributed by atoms with van der Waals surface area (Å²) in [7, 11) is 0. The summed E-state index contributed by atoms with van der Waals surface area (Å²) in [6.45, 7) is 4.34. The number of aliphatic imine (C=N–C) groups is 1. The highest BCUT2D eigenvalue weighted by molar-refractivity contribution is 7.14. The van der Waals surface area contributed by atoms with Crippen LogP contribution in [0, 0.1) is 0 Å². The maximum Gasteiger partial charge on any atom is 0.169 e. The Hall–Kier alpha value is -0.960. The summed E-state index contributed by atoms with van der Waals surface area (Å²) in [4.78, 5) is 17.1. The Balaban J connectivity index is 2.59. The largest absolute Gasteiger partial charge is 0.294 e. The van der Waals surface area contributed by atoms with E-state index >= 15 is 0 Å². The molecule has 0 radical (unpaired) electrons. The fourth-order valence-corrected chi connectivity index (χ4v) is 1.77. The van der Waals surface area contributed by atoms with Crippen molar-refractivity contribution in [2.24, 2.45) is 4.99 Å². The highest BCUT2D eigenvalue weighted by Crippen LogP contribution is 2.17. The van der Waals surface area contributed by atoms with Gasteiger partial charge in [0.25, 0.3) is 0 Å². The van der Waals surface area contributed by atoms with Gasteiger partial charge in [-0.3, -0.25) is 9.79 Å². The number of ketones is 1. The van der Waals surface area contributed by atoms with Crippen molar-refractivity contribution in [3.63, 3.8) is 0 Å². The van der Waals surface area contributed by atoms with Crippen LogP contribution in [0.3, 0.4) is 0 Å². The highest BCUT2D eigenvalue weighted by Gasteiger charge is 2.02. The number of thiophene rings is 1. The first-order valence-corrected chi connectivity index (χ1v) is 5.13. The standard InChI is InChI=1S/C10H13NOS/c1-3-6-11-7-9-4-5-10(13-9)8(2)12/h4-6H,3,7H2,1-2H3. The van der Waals surface area contributed by atoms with Crippen LogP contribution in [-0.4, -0.2) is 12.0 Å². The van der Waals surface area contributed by atoms with Crippen LogP contribution in [0.5, 0.6) is 0 Å². The van der Waals surface area contributed by atoms with Crippen LogP contribution in [0.2, 0.25) is 0 Å². The van der Waals surface area contributed by atoms with Crippen LogP contribution in [0.25, 0.3) is 0 Å². The molecule has 2 nitrogen and oxygen atoms in total. The van der Waals surface area contributed by atoms with E-state index < -0.39 is 0 Å². The van der Waals surface area contributed by atoms with Crippen molar-refractivity contribution in [2.75, 3.05) is 0 Å². The van der Waals surface area contributed by atoms with E-state index in [1.165, 1.54) is 11.3 Å². The predicted molar refractivity (Wildman–Crippen MR) is 56.8 cm³/mol. The number of rotatable bonds is 4. The molecule has 0 spiro atoms. The minimum Gasteiger partial charge on any atom is -0.294 e. The van der Waals surface area contributed by atoms with Crippen molar-refractivity contribution in [3.8, 4) is 0 Å². The fourth-order valence-electron chi connectivity index (χ4n) is 0.936.